The quantitative estimate of drug-likeness (QED) is 0.480. The Morgan fingerprint density at radius 1 is 1.21 bits per heavy atom. The van der Waals surface area contributed by atoms with Crippen LogP contribution in [0.15, 0.2) is 29.7 Å². The van der Waals surface area contributed by atoms with Gasteiger partial charge < -0.3 is 4.74 Å². The van der Waals surface area contributed by atoms with E-state index in [1.807, 2.05) is 12.1 Å². The molecule has 3 unspecified atom stereocenters. The molecule has 0 amide bonds. The Labute approximate surface area is 176 Å². The smallest absolute Gasteiger partial charge is 0.316 e. The number of pyridine rings is 1. The van der Waals surface area contributed by atoms with Gasteiger partial charge in [-0.25, -0.2) is 0 Å². The summed E-state index contributed by atoms with van der Waals surface area (Å²) in [6.07, 6.45) is 9.19. The monoisotopic (exact) mass is 414 g/mol. The third kappa shape index (κ3) is 4.82. The van der Waals surface area contributed by atoms with Crippen LogP contribution in [-0.4, -0.2) is 37.6 Å². The van der Waals surface area contributed by atoms with E-state index in [1.165, 1.54) is 18.2 Å². The van der Waals surface area contributed by atoms with Crippen molar-refractivity contribution >= 4 is 17.7 Å². The molecule has 2 aliphatic carbocycles. The van der Waals surface area contributed by atoms with Crippen molar-refractivity contribution < 1.29 is 9.53 Å². The van der Waals surface area contributed by atoms with Crippen molar-refractivity contribution in [1.29, 1.82) is 0 Å². The SMILES string of the molecule is CC1CCC(C(C)C)C(OC(=O)CSc2nnc(-c3ccncc3)n2C2CC2)C1. The van der Waals surface area contributed by atoms with Crippen LogP contribution in [-0.2, 0) is 9.53 Å². The third-order valence-electron chi connectivity index (χ3n) is 6.08. The summed E-state index contributed by atoms with van der Waals surface area (Å²) in [5.74, 6) is 2.61. The first-order valence-electron chi connectivity index (χ1n) is 10.7. The van der Waals surface area contributed by atoms with Gasteiger partial charge in [0, 0.05) is 24.0 Å². The van der Waals surface area contributed by atoms with E-state index in [0.29, 0.717) is 23.8 Å². The minimum absolute atomic E-state index is 0.0422. The van der Waals surface area contributed by atoms with E-state index in [0.717, 1.165) is 42.2 Å². The molecule has 0 saturated heterocycles. The van der Waals surface area contributed by atoms with Crippen molar-refractivity contribution in [3.8, 4) is 11.4 Å². The van der Waals surface area contributed by atoms with Gasteiger partial charge in [0.2, 0.25) is 0 Å². The Morgan fingerprint density at radius 2 is 1.97 bits per heavy atom. The highest BCUT2D eigenvalue weighted by molar-refractivity contribution is 7.99. The van der Waals surface area contributed by atoms with Crippen LogP contribution in [0.2, 0.25) is 0 Å². The number of hydrogen-bond donors (Lipinski definition) is 0. The van der Waals surface area contributed by atoms with Crippen molar-refractivity contribution in [2.75, 3.05) is 5.75 Å². The minimum Gasteiger partial charge on any atom is -0.461 e. The maximum atomic E-state index is 12.6. The van der Waals surface area contributed by atoms with Crippen molar-refractivity contribution in [3.63, 3.8) is 0 Å². The van der Waals surface area contributed by atoms with Crippen LogP contribution in [0, 0.1) is 17.8 Å². The molecule has 0 N–H and O–H groups in total. The summed E-state index contributed by atoms with van der Waals surface area (Å²) in [6.45, 7) is 6.72. The molecular formula is C22H30N4O2S. The molecule has 2 aromatic rings. The molecule has 0 bridgehead atoms. The fourth-order valence-corrected chi connectivity index (χ4v) is 5.10. The number of aromatic nitrogens is 4. The molecule has 0 aliphatic heterocycles. The molecule has 0 radical (unpaired) electrons. The lowest BCUT2D eigenvalue weighted by Crippen LogP contribution is -2.36. The van der Waals surface area contributed by atoms with E-state index in [-0.39, 0.29) is 17.8 Å². The third-order valence-corrected chi connectivity index (χ3v) is 6.99. The summed E-state index contributed by atoms with van der Waals surface area (Å²) >= 11 is 1.44. The van der Waals surface area contributed by atoms with Gasteiger partial charge >= 0.3 is 5.97 Å². The number of thioether (sulfide) groups is 1. The van der Waals surface area contributed by atoms with Crippen LogP contribution in [0.3, 0.4) is 0 Å². The number of carbonyl (C=O) groups excluding carboxylic acids is 1. The first-order valence-corrected chi connectivity index (χ1v) is 11.7. The standard InChI is InChI=1S/C22H30N4O2S/c1-14(2)18-7-4-15(3)12-19(18)28-20(27)13-29-22-25-24-21(26(22)17-5-6-17)16-8-10-23-11-9-16/h8-11,14-15,17-19H,4-7,12-13H2,1-3H3. The van der Waals surface area contributed by atoms with Crippen molar-refractivity contribution in [3.05, 3.63) is 24.5 Å². The predicted molar refractivity (Wildman–Crippen MR) is 113 cm³/mol. The van der Waals surface area contributed by atoms with E-state index in [1.54, 1.807) is 12.4 Å². The molecule has 7 heteroatoms. The van der Waals surface area contributed by atoms with Crippen molar-refractivity contribution in [2.24, 2.45) is 17.8 Å². The highest BCUT2D eigenvalue weighted by Gasteiger charge is 2.34. The summed E-state index contributed by atoms with van der Waals surface area (Å²) in [5, 5.41) is 9.57. The zero-order valence-corrected chi connectivity index (χ0v) is 18.3. The lowest BCUT2D eigenvalue weighted by molar-refractivity contribution is -0.152. The second-order valence-corrected chi connectivity index (χ2v) is 9.73. The van der Waals surface area contributed by atoms with Crippen LogP contribution in [0.1, 0.15) is 58.9 Å². The van der Waals surface area contributed by atoms with Gasteiger partial charge in [-0.15, -0.1) is 10.2 Å². The van der Waals surface area contributed by atoms with E-state index in [4.69, 9.17) is 4.74 Å². The van der Waals surface area contributed by atoms with Gasteiger partial charge in [-0.3, -0.25) is 14.3 Å². The molecule has 6 nitrogen and oxygen atoms in total. The summed E-state index contributed by atoms with van der Waals surface area (Å²) in [7, 11) is 0. The van der Waals surface area contributed by atoms with Gasteiger partial charge in [0.1, 0.15) is 6.10 Å². The average molecular weight is 415 g/mol. The van der Waals surface area contributed by atoms with Crippen LogP contribution in [0.25, 0.3) is 11.4 Å². The molecule has 2 aliphatic rings. The van der Waals surface area contributed by atoms with E-state index < -0.39 is 0 Å². The molecule has 4 rings (SSSR count). The number of hydrogen-bond acceptors (Lipinski definition) is 6. The van der Waals surface area contributed by atoms with Gasteiger partial charge in [0.05, 0.1) is 5.75 Å². The van der Waals surface area contributed by atoms with Gasteiger partial charge in [0.15, 0.2) is 11.0 Å². The normalized spacial score (nSPS) is 24.6. The van der Waals surface area contributed by atoms with Crippen molar-refractivity contribution in [1.82, 2.24) is 19.7 Å². The zero-order chi connectivity index (χ0) is 20.4. The van der Waals surface area contributed by atoms with Crippen LogP contribution < -0.4 is 0 Å². The molecule has 2 fully saturated rings. The van der Waals surface area contributed by atoms with Gasteiger partial charge in [-0.1, -0.05) is 39.0 Å². The Hall–Kier alpha value is -1.89. The highest BCUT2D eigenvalue weighted by atomic mass is 32.2. The Kier molecular flexibility index (Phi) is 6.23. The van der Waals surface area contributed by atoms with Gasteiger partial charge in [-0.05, 0) is 55.6 Å². The lowest BCUT2D eigenvalue weighted by Gasteiger charge is -2.36. The fourth-order valence-electron chi connectivity index (χ4n) is 4.31. The lowest BCUT2D eigenvalue weighted by atomic mass is 9.75. The Morgan fingerprint density at radius 3 is 2.66 bits per heavy atom. The zero-order valence-electron chi connectivity index (χ0n) is 17.5. The van der Waals surface area contributed by atoms with Crippen LogP contribution >= 0.6 is 11.8 Å². The van der Waals surface area contributed by atoms with E-state index >= 15 is 0 Å². The molecule has 0 aromatic carbocycles. The van der Waals surface area contributed by atoms with Crippen molar-refractivity contribution in [2.45, 2.75) is 70.2 Å². The molecule has 2 saturated carbocycles. The molecule has 2 aromatic heterocycles. The maximum absolute atomic E-state index is 12.6. The van der Waals surface area contributed by atoms with E-state index in [9.17, 15) is 4.79 Å². The first-order chi connectivity index (χ1) is 14.0. The maximum Gasteiger partial charge on any atom is 0.316 e. The molecule has 3 atom stereocenters. The highest BCUT2D eigenvalue weighted by Crippen LogP contribution is 2.41. The van der Waals surface area contributed by atoms with Crippen LogP contribution in [0.5, 0.6) is 0 Å². The number of ether oxygens (including phenoxy) is 1. The minimum atomic E-state index is -0.143. The number of carbonyl (C=O) groups is 1. The molecule has 2 heterocycles. The molecular weight excluding hydrogens is 384 g/mol. The number of nitrogens with zero attached hydrogens (tertiary/aromatic N) is 4. The largest absolute Gasteiger partial charge is 0.461 e. The summed E-state index contributed by atoms with van der Waals surface area (Å²) < 4.78 is 8.11. The second kappa shape index (κ2) is 8.86. The van der Waals surface area contributed by atoms with Gasteiger partial charge in [-0.2, -0.15) is 0 Å². The molecule has 0 spiro atoms. The summed E-state index contributed by atoms with van der Waals surface area (Å²) in [6, 6.07) is 4.32. The fraction of sp³-hybridized carbons (Fsp3) is 0.636. The first kappa shape index (κ1) is 20.4. The topological polar surface area (TPSA) is 69.9 Å². The molecule has 156 valence electrons. The van der Waals surface area contributed by atoms with E-state index in [2.05, 4.69) is 40.5 Å². The van der Waals surface area contributed by atoms with Crippen LogP contribution in [0.4, 0.5) is 0 Å². The summed E-state index contributed by atoms with van der Waals surface area (Å²) in [5.41, 5.74) is 1.00. The Bertz CT molecular complexity index is 835. The average Bonchev–Trinajstić information content (AvgIpc) is 3.45. The Balaban J connectivity index is 1.41. The number of rotatable bonds is 7. The predicted octanol–water partition coefficient (Wildman–Crippen LogP) is 4.77. The summed E-state index contributed by atoms with van der Waals surface area (Å²) in [4.78, 5) is 16.7. The van der Waals surface area contributed by atoms with Gasteiger partial charge in [0.25, 0.3) is 0 Å². The second-order valence-electron chi connectivity index (χ2n) is 8.79. The number of esters is 1. The molecule has 29 heavy (non-hydrogen) atoms.